The molecule has 78 valence electrons. The maximum atomic E-state index is 11.2. The Morgan fingerprint density at radius 1 is 1.50 bits per heavy atom. The van der Waals surface area contributed by atoms with Crippen molar-refractivity contribution in [3.8, 4) is 11.8 Å². The highest BCUT2D eigenvalue weighted by Gasteiger charge is 2.39. The van der Waals surface area contributed by atoms with E-state index in [4.69, 9.17) is 4.74 Å². The molecule has 0 atom stereocenters. The Morgan fingerprint density at radius 3 is 2.64 bits per heavy atom. The van der Waals surface area contributed by atoms with Crippen molar-refractivity contribution >= 4 is 5.97 Å². The molecule has 1 heterocycles. The first-order chi connectivity index (χ1) is 6.71. The molecule has 0 aromatic heterocycles. The van der Waals surface area contributed by atoms with Crippen molar-refractivity contribution in [3.63, 3.8) is 0 Å². The molecular weight excluding hydrogens is 180 g/mol. The molecule has 1 N–H and O–H groups in total. The molecule has 0 unspecified atom stereocenters. The van der Waals surface area contributed by atoms with Gasteiger partial charge in [-0.2, -0.15) is 0 Å². The molecule has 3 nitrogen and oxygen atoms in total. The van der Waals surface area contributed by atoms with E-state index in [0.717, 1.165) is 0 Å². The summed E-state index contributed by atoms with van der Waals surface area (Å²) in [5, 5.41) is 9.18. The molecule has 0 bridgehead atoms. The van der Waals surface area contributed by atoms with Gasteiger partial charge < -0.3 is 9.84 Å². The standard InChI is InChI=1S/C11H16O3/c1-2-3-4-5-11(10(12)13)6-8-14-9-7-11/h4-9H2,1H3,(H,12,13). The van der Waals surface area contributed by atoms with Crippen molar-refractivity contribution in [3.05, 3.63) is 0 Å². The maximum Gasteiger partial charge on any atom is 0.309 e. The molecule has 1 fully saturated rings. The van der Waals surface area contributed by atoms with Crippen LogP contribution < -0.4 is 0 Å². The molecule has 0 spiro atoms. The van der Waals surface area contributed by atoms with Crippen molar-refractivity contribution in [2.45, 2.75) is 32.6 Å². The average molecular weight is 196 g/mol. The smallest absolute Gasteiger partial charge is 0.309 e. The van der Waals surface area contributed by atoms with E-state index in [1.54, 1.807) is 6.92 Å². The zero-order chi connectivity index (χ0) is 10.4. The van der Waals surface area contributed by atoms with Gasteiger partial charge in [-0.1, -0.05) is 0 Å². The molecule has 3 heteroatoms. The molecule has 0 saturated carbocycles. The highest BCUT2D eigenvalue weighted by atomic mass is 16.5. The van der Waals surface area contributed by atoms with E-state index in [2.05, 4.69) is 11.8 Å². The van der Waals surface area contributed by atoms with Gasteiger partial charge in [-0.3, -0.25) is 4.79 Å². The third-order valence-corrected chi connectivity index (χ3v) is 2.81. The van der Waals surface area contributed by atoms with Gasteiger partial charge >= 0.3 is 5.97 Å². The van der Waals surface area contributed by atoms with E-state index in [-0.39, 0.29) is 0 Å². The first-order valence-electron chi connectivity index (χ1n) is 4.92. The fraction of sp³-hybridized carbons (Fsp3) is 0.727. The van der Waals surface area contributed by atoms with Crippen molar-refractivity contribution in [1.29, 1.82) is 0 Å². The van der Waals surface area contributed by atoms with E-state index < -0.39 is 11.4 Å². The van der Waals surface area contributed by atoms with Gasteiger partial charge in [-0.15, -0.1) is 11.8 Å². The zero-order valence-corrected chi connectivity index (χ0v) is 8.51. The maximum absolute atomic E-state index is 11.2. The summed E-state index contributed by atoms with van der Waals surface area (Å²) < 4.78 is 5.18. The molecule has 1 aliphatic rings. The summed E-state index contributed by atoms with van der Waals surface area (Å²) in [7, 11) is 0. The lowest BCUT2D eigenvalue weighted by Crippen LogP contribution is -2.37. The number of carboxylic acid groups (broad SMARTS) is 1. The zero-order valence-electron chi connectivity index (χ0n) is 8.51. The monoisotopic (exact) mass is 196 g/mol. The van der Waals surface area contributed by atoms with Gasteiger partial charge in [0.15, 0.2) is 0 Å². The summed E-state index contributed by atoms with van der Waals surface area (Å²) in [5.41, 5.74) is -0.581. The van der Waals surface area contributed by atoms with Crippen LogP contribution >= 0.6 is 0 Å². The Bertz CT molecular complexity index is 253. The SMILES string of the molecule is CC#CCCC1(C(=O)O)CCOCC1. The second-order valence-corrected chi connectivity index (χ2v) is 3.62. The Hall–Kier alpha value is -1.01. The summed E-state index contributed by atoms with van der Waals surface area (Å²) in [6.07, 6.45) is 2.55. The Balaban J connectivity index is 2.59. The molecule has 0 aromatic carbocycles. The van der Waals surface area contributed by atoms with Gasteiger partial charge in [0.2, 0.25) is 0 Å². The minimum absolute atomic E-state index is 0.561. The van der Waals surface area contributed by atoms with Crippen molar-refractivity contribution in [2.24, 2.45) is 5.41 Å². The number of hydrogen-bond donors (Lipinski definition) is 1. The molecule has 0 aliphatic carbocycles. The molecule has 1 aliphatic heterocycles. The fourth-order valence-corrected chi connectivity index (χ4v) is 1.76. The van der Waals surface area contributed by atoms with Crippen LogP contribution in [-0.2, 0) is 9.53 Å². The molecule has 1 rings (SSSR count). The third kappa shape index (κ3) is 2.49. The number of aliphatic carboxylic acids is 1. The van der Waals surface area contributed by atoms with Crippen LogP contribution in [0.1, 0.15) is 32.6 Å². The van der Waals surface area contributed by atoms with E-state index in [1.165, 1.54) is 0 Å². The highest BCUT2D eigenvalue weighted by molar-refractivity contribution is 5.74. The van der Waals surface area contributed by atoms with Crippen LogP contribution in [0.25, 0.3) is 0 Å². The second-order valence-electron chi connectivity index (χ2n) is 3.62. The van der Waals surface area contributed by atoms with Crippen LogP contribution in [0.3, 0.4) is 0 Å². The van der Waals surface area contributed by atoms with Crippen LogP contribution in [0, 0.1) is 17.3 Å². The van der Waals surface area contributed by atoms with Gasteiger partial charge in [0.1, 0.15) is 0 Å². The van der Waals surface area contributed by atoms with Crippen LogP contribution in [0.2, 0.25) is 0 Å². The van der Waals surface area contributed by atoms with Gasteiger partial charge in [-0.25, -0.2) is 0 Å². The molecule has 14 heavy (non-hydrogen) atoms. The predicted molar refractivity (Wildman–Crippen MR) is 52.8 cm³/mol. The molecule has 0 radical (unpaired) electrons. The molecule has 0 amide bonds. The largest absolute Gasteiger partial charge is 0.481 e. The average Bonchev–Trinajstić information content (AvgIpc) is 2.19. The lowest BCUT2D eigenvalue weighted by Gasteiger charge is -2.32. The van der Waals surface area contributed by atoms with Crippen LogP contribution in [0.5, 0.6) is 0 Å². The summed E-state index contributed by atoms with van der Waals surface area (Å²) in [6.45, 7) is 2.90. The van der Waals surface area contributed by atoms with Crippen molar-refractivity contribution in [2.75, 3.05) is 13.2 Å². The quantitative estimate of drug-likeness (QED) is 0.698. The summed E-state index contributed by atoms with van der Waals surface area (Å²) in [5.74, 6) is 5.01. The topological polar surface area (TPSA) is 46.5 Å². The molecular formula is C11H16O3. The first kappa shape index (κ1) is 11.1. The van der Waals surface area contributed by atoms with Gasteiger partial charge in [0.25, 0.3) is 0 Å². The lowest BCUT2D eigenvalue weighted by atomic mass is 9.76. The minimum atomic E-state index is -0.696. The number of hydrogen-bond acceptors (Lipinski definition) is 2. The Labute approximate surface area is 84.5 Å². The van der Waals surface area contributed by atoms with E-state index >= 15 is 0 Å². The first-order valence-corrected chi connectivity index (χ1v) is 4.92. The number of carbonyl (C=O) groups is 1. The number of ether oxygens (including phenoxy) is 1. The van der Waals surface area contributed by atoms with Crippen LogP contribution in [0.4, 0.5) is 0 Å². The van der Waals surface area contributed by atoms with Gasteiger partial charge in [0.05, 0.1) is 5.41 Å². The normalized spacial score (nSPS) is 19.5. The fourth-order valence-electron chi connectivity index (χ4n) is 1.76. The van der Waals surface area contributed by atoms with Crippen LogP contribution in [-0.4, -0.2) is 24.3 Å². The summed E-state index contributed by atoms with van der Waals surface area (Å²) in [6, 6.07) is 0. The Kier molecular flexibility index (Phi) is 3.97. The van der Waals surface area contributed by atoms with E-state index in [0.29, 0.717) is 38.9 Å². The third-order valence-electron chi connectivity index (χ3n) is 2.81. The lowest BCUT2D eigenvalue weighted by molar-refractivity contribution is -0.155. The minimum Gasteiger partial charge on any atom is -0.481 e. The van der Waals surface area contributed by atoms with E-state index in [1.807, 2.05) is 0 Å². The predicted octanol–water partition coefficient (Wildman–Crippen LogP) is 1.67. The van der Waals surface area contributed by atoms with Gasteiger partial charge in [-0.05, 0) is 26.2 Å². The second kappa shape index (κ2) is 5.02. The molecule has 0 aromatic rings. The van der Waals surface area contributed by atoms with Gasteiger partial charge in [0, 0.05) is 19.6 Å². The van der Waals surface area contributed by atoms with E-state index in [9.17, 15) is 9.90 Å². The number of rotatable bonds is 3. The van der Waals surface area contributed by atoms with Crippen molar-refractivity contribution < 1.29 is 14.6 Å². The Morgan fingerprint density at radius 2 is 2.14 bits per heavy atom. The highest BCUT2D eigenvalue weighted by Crippen LogP contribution is 2.35. The molecule has 1 saturated heterocycles. The number of carboxylic acids is 1. The summed E-state index contributed by atoms with van der Waals surface area (Å²) >= 11 is 0. The summed E-state index contributed by atoms with van der Waals surface area (Å²) in [4.78, 5) is 11.2. The van der Waals surface area contributed by atoms with Crippen molar-refractivity contribution in [1.82, 2.24) is 0 Å². The van der Waals surface area contributed by atoms with Crippen LogP contribution in [0.15, 0.2) is 0 Å².